The van der Waals surface area contributed by atoms with Crippen LogP contribution in [0.1, 0.15) is 17.7 Å². The molecule has 0 aliphatic carbocycles. The number of carbonyl (C=O) groups is 2. The second-order valence-electron chi connectivity index (χ2n) is 4.75. The van der Waals surface area contributed by atoms with E-state index in [0.717, 1.165) is 10.0 Å². The Kier molecular flexibility index (Phi) is 5.77. The molecule has 0 aliphatic heterocycles. The normalized spacial score (nSPS) is 10.3. The SMILES string of the molecule is Cc1cc(NC(=O)COC(=O)CCc2ccco2)ccc1Br. The molecule has 6 heteroatoms. The standard InChI is InChI=1S/C16H16BrNO4/c1-11-9-12(4-6-14(11)17)18-15(19)10-22-16(20)7-5-13-3-2-8-21-13/h2-4,6,8-9H,5,7,10H2,1H3,(H,18,19). The van der Waals surface area contributed by atoms with Crippen LogP contribution in [0.25, 0.3) is 0 Å². The summed E-state index contributed by atoms with van der Waals surface area (Å²) >= 11 is 3.39. The van der Waals surface area contributed by atoms with Crippen LogP contribution in [0.3, 0.4) is 0 Å². The molecule has 1 heterocycles. The maximum absolute atomic E-state index is 11.7. The summed E-state index contributed by atoms with van der Waals surface area (Å²) in [6, 6.07) is 9.00. The molecule has 0 atom stereocenters. The molecule has 22 heavy (non-hydrogen) atoms. The van der Waals surface area contributed by atoms with E-state index in [1.165, 1.54) is 0 Å². The Balaban J connectivity index is 1.72. The van der Waals surface area contributed by atoms with Crippen LogP contribution >= 0.6 is 15.9 Å². The van der Waals surface area contributed by atoms with Gasteiger partial charge in [-0.05, 0) is 42.8 Å². The lowest BCUT2D eigenvalue weighted by Crippen LogP contribution is -2.21. The molecule has 2 aromatic rings. The summed E-state index contributed by atoms with van der Waals surface area (Å²) in [5.74, 6) is -0.0849. The zero-order valence-electron chi connectivity index (χ0n) is 12.1. The van der Waals surface area contributed by atoms with Gasteiger partial charge in [0.15, 0.2) is 6.61 Å². The van der Waals surface area contributed by atoms with Crippen LogP contribution in [-0.4, -0.2) is 18.5 Å². The maximum Gasteiger partial charge on any atom is 0.306 e. The van der Waals surface area contributed by atoms with Gasteiger partial charge in [0.2, 0.25) is 0 Å². The monoisotopic (exact) mass is 365 g/mol. The fourth-order valence-electron chi connectivity index (χ4n) is 1.82. The van der Waals surface area contributed by atoms with Gasteiger partial charge in [-0.2, -0.15) is 0 Å². The molecular weight excluding hydrogens is 350 g/mol. The summed E-state index contributed by atoms with van der Waals surface area (Å²) in [6.07, 6.45) is 2.19. The Labute approximate surface area is 136 Å². The minimum atomic E-state index is -0.432. The van der Waals surface area contributed by atoms with E-state index >= 15 is 0 Å². The van der Waals surface area contributed by atoms with E-state index < -0.39 is 5.97 Å². The highest BCUT2D eigenvalue weighted by Gasteiger charge is 2.09. The number of hydrogen-bond acceptors (Lipinski definition) is 4. The molecule has 0 saturated carbocycles. The number of ether oxygens (including phenoxy) is 1. The maximum atomic E-state index is 11.7. The lowest BCUT2D eigenvalue weighted by Gasteiger charge is -2.08. The van der Waals surface area contributed by atoms with Crippen LogP contribution < -0.4 is 5.32 Å². The van der Waals surface area contributed by atoms with Crippen molar-refractivity contribution in [1.29, 1.82) is 0 Å². The minimum Gasteiger partial charge on any atom is -0.469 e. The second-order valence-corrected chi connectivity index (χ2v) is 5.61. The lowest BCUT2D eigenvalue weighted by atomic mass is 10.2. The predicted octanol–water partition coefficient (Wildman–Crippen LogP) is 3.47. The molecule has 0 unspecified atom stereocenters. The van der Waals surface area contributed by atoms with Crippen molar-refractivity contribution in [2.45, 2.75) is 19.8 Å². The molecule has 1 N–H and O–H groups in total. The van der Waals surface area contributed by atoms with Crippen LogP contribution in [0.4, 0.5) is 5.69 Å². The van der Waals surface area contributed by atoms with Crippen molar-refractivity contribution in [3.63, 3.8) is 0 Å². The summed E-state index contributed by atoms with van der Waals surface area (Å²) in [7, 11) is 0. The molecule has 0 spiro atoms. The van der Waals surface area contributed by atoms with Crippen molar-refractivity contribution in [1.82, 2.24) is 0 Å². The third-order valence-corrected chi connectivity index (χ3v) is 3.85. The number of benzene rings is 1. The molecule has 2 rings (SSSR count). The van der Waals surface area contributed by atoms with Crippen molar-refractivity contribution in [2.24, 2.45) is 0 Å². The van der Waals surface area contributed by atoms with Crippen molar-refractivity contribution in [3.8, 4) is 0 Å². The molecule has 0 saturated heterocycles. The number of nitrogens with one attached hydrogen (secondary N) is 1. The topological polar surface area (TPSA) is 68.5 Å². The van der Waals surface area contributed by atoms with Crippen LogP contribution in [0.15, 0.2) is 45.5 Å². The highest BCUT2D eigenvalue weighted by atomic mass is 79.9. The van der Waals surface area contributed by atoms with E-state index in [2.05, 4.69) is 21.2 Å². The van der Waals surface area contributed by atoms with Crippen molar-refractivity contribution >= 4 is 33.5 Å². The number of hydrogen-bond donors (Lipinski definition) is 1. The number of carbonyl (C=O) groups excluding carboxylic acids is 2. The molecule has 0 radical (unpaired) electrons. The van der Waals surface area contributed by atoms with E-state index in [9.17, 15) is 9.59 Å². The Morgan fingerprint density at radius 3 is 2.82 bits per heavy atom. The zero-order valence-corrected chi connectivity index (χ0v) is 13.7. The molecule has 1 amide bonds. The first-order valence-electron chi connectivity index (χ1n) is 6.78. The van der Waals surface area contributed by atoms with E-state index in [1.54, 1.807) is 24.5 Å². The number of amides is 1. The molecule has 0 fully saturated rings. The predicted molar refractivity (Wildman–Crippen MR) is 85.5 cm³/mol. The van der Waals surface area contributed by atoms with Crippen LogP contribution in [0.5, 0.6) is 0 Å². The first-order chi connectivity index (χ1) is 10.5. The van der Waals surface area contributed by atoms with E-state index in [4.69, 9.17) is 9.15 Å². The third kappa shape index (κ3) is 5.04. The van der Waals surface area contributed by atoms with E-state index in [-0.39, 0.29) is 18.9 Å². The summed E-state index contributed by atoms with van der Waals surface area (Å²) in [5, 5.41) is 2.68. The highest BCUT2D eigenvalue weighted by Crippen LogP contribution is 2.19. The van der Waals surface area contributed by atoms with Gasteiger partial charge in [-0.1, -0.05) is 15.9 Å². The molecular formula is C16H16BrNO4. The van der Waals surface area contributed by atoms with Gasteiger partial charge in [0, 0.05) is 16.6 Å². The fourth-order valence-corrected chi connectivity index (χ4v) is 2.06. The van der Waals surface area contributed by atoms with Gasteiger partial charge in [0.25, 0.3) is 5.91 Å². The van der Waals surface area contributed by atoms with Gasteiger partial charge in [0.1, 0.15) is 5.76 Å². The van der Waals surface area contributed by atoms with E-state index in [0.29, 0.717) is 17.9 Å². The molecule has 1 aromatic heterocycles. The number of rotatable bonds is 6. The Bertz CT molecular complexity index is 652. The molecule has 5 nitrogen and oxygen atoms in total. The molecule has 116 valence electrons. The smallest absolute Gasteiger partial charge is 0.306 e. The van der Waals surface area contributed by atoms with Gasteiger partial charge >= 0.3 is 5.97 Å². The highest BCUT2D eigenvalue weighted by molar-refractivity contribution is 9.10. The minimum absolute atomic E-state index is 0.179. The largest absolute Gasteiger partial charge is 0.469 e. The van der Waals surface area contributed by atoms with Gasteiger partial charge in [0.05, 0.1) is 12.7 Å². The number of furan rings is 1. The quantitative estimate of drug-likeness (QED) is 0.795. The zero-order chi connectivity index (χ0) is 15.9. The average Bonchev–Trinajstić information content (AvgIpc) is 3.00. The number of esters is 1. The molecule has 1 aromatic carbocycles. The Hall–Kier alpha value is -2.08. The van der Waals surface area contributed by atoms with Crippen molar-refractivity contribution < 1.29 is 18.7 Å². The van der Waals surface area contributed by atoms with Crippen LogP contribution in [-0.2, 0) is 20.7 Å². The summed E-state index contributed by atoms with van der Waals surface area (Å²) in [4.78, 5) is 23.3. The first-order valence-corrected chi connectivity index (χ1v) is 7.58. The van der Waals surface area contributed by atoms with Crippen molar-refractivity contribution in [3.05, 3.63) is 52.4 Å². The van der Waals surface area contributed by atoms with Crippen LogP contribution in [0.2, 0.25) is 0 Å². The van der Waals surface area contributed by atoms with Crippen LogP contribution in [0, 0.1) is 6.92 Å². The molecule has 0 aliphatic rings. The lowest BCUT2D eigenvalue weighted by molar-refractivity contribution is -0.147. The fraction of sp³-hybridized carbons (Fsp3) is 0.250. The summed E-state index contributed by atoms with van der Waals surface area (Å²) < 4.78 is 11.0. The first kappa shape index (κ1) is 16.3. The van der Waals surface area contributed by atoms with Gasteiger partial charge in [-0.15, -0.1) is 0 Å². The van der Waals surface area contributed by atoms with Gasteiger partial charge in [-0.25, -0.2) is 0 Å². The van der Waals surface area contributed by atoms with E-state index in [1.807, 2.05) is 19.1 Å². The number of halogens is 1. The number of aryl methyl sites for hydroxylation is 2. The summed E-state index contributed by atoms with van der Waals surface area (Å²) in [5.41, 5.74) is 1.67. The summed E-state index contributed by atoms with van der Waals surface area (Å²) in [6.45, 7) is 1.63. The van der Waals surface area contributed by atoms with Crippen molar-refractivity contribution in [2.75, 3.05) is 11.9 Å². The molecule has 0 bridgehead atoms. The second kappa shape index (κ2) is 7.79. The Morgan fingerprint density at radius 2 is 2.14 bits per heavy atom. The van der Waals surface area contributed by atoms with Gasteiger partial charge in [-0.3, -0.25) is 9.59 Å². The number of anilines is 1. The Morgan fingerprint density at radius 1 is 1.32 bits per heavy atom. The van der Waals surface area contributed by atoms with Gasteiger partial charge < -0.3 is 14.5 Å². The third-order valence-electron chi connectivity index (χ3n) is 2.96. The average molecular weight is 366 g/mol.